The van der Waals surface area contributed by atoms with Crippen LogP contribution in [0, 0.1) is 19.8 Å². The third-order valence-corrected chi connectivity index (χ3v) is 6.93. The highest BCUT2D eigenvalue weighted by atomic mass is 16.5. The van der Waals surface area contributed by atoms with Crippen molar-refractivity contribution in [1.82, 2.24) is 20.3 Å². The van der Waals surface area contributed by atoms with Gasteiger partial charge in [-0.2, -0.15) is 0 Å². The number of imide groups is 1. The van der Waals surface area contributed by atoms with Gasteiger partial charge in [-0.25, -0.2) is 4.79 Å². The first-order valence-electron chi connectivity index (χ1n) is 11.2. The molecule has 2 aromatic rings. The number of carbonyl (C=O) groups is 3. The summed E-state index contributed by atoms with van der Waals surface area (Å²) in [4.78, 5) is 41.9. The number of benzene rings is 1. The topological polar surface area (TPSA) is 105 Å². The Kier molecular flexibility index (Phi) is 6.14. The maximum absolute atomic E-state index is 13.3. The predicted molar refractivity (Wildman–Crippen MR) is 120 cm³/mol. The normalized spacial score (nSPS) is 21.5. The molecule has 2 aliphatic rings. The van der Waals surface area contributed by atoms with E-state index in [1.54, 1.807) is 32.8 Å². The van der Waals surface area contributed by atoms with Crippen LogP contribution in [-0.2, 0) is 11.2 Å². The smallest absolute Gasteiger partial charge is 0.325 e. The summed E-state index contributed by atoms with van der Waals surface area (Å²) in [5.74, 6) is 0.931. The van der Waals surface area contributed by atoms with Crippen LogP contribution in [0.25, 0.3) is 0 Å². The van der Waals surface area contributed by atoms with Crippen LogP contribution in [0.15, 0.2) is 28.8 Å². The molecule has 9 nitrogen and oxygen atoms in total. The van der Waals surface area contributed by atoms with Crippen molar-refractivity contribution in [3.8, 4) is 5.75 Å². The van der Waals surface area contributed by atoms with Gasteiger partial charge >= 0.3 is 6.03 Å². The van der Waals surface area contributed by atoms with Gasteiger partial charge in [-0.1, -0.05) is 17.3 Å². The first-order chi connectivity index (χ1) is 15.7. The Morgan fingerprint density at radius 3 is 2.45 bits per heavy atom. The van der Waals surface area contributed by atoms with Gasteiger partial charge in [0.25, 0.3) is 11.8 Å². The summed E-state index contributed by atoms with van der Waals surface area (Å²) in [6.45, 7) is 6.63. The van der Waals surface area contributed by atoms with Crippen LogP contribution in [0.1, 0.15) is 47.1 Å². The van der Waals surface area contributed by atoms with Crippen LogP contribution in [0.5, 0.6) is 5.75 Å². The third-order valence-electron chi connectivity index (χ3n) is 6.93. The van der Waals surface area contributed by atoms with Gasteiger partial charge in [-0.15, -0.1) is 0 Å². The molecule has 3 heterocycles. The van der Waals surface area contributed by atoms with Crippen molar-refractivity contribution < 1.29 is 23.6 Å². The SMILES string of the molecule is COc1ccc(CCN2C(=O)NC(C)(C3CCN(C(=O)c4c(C)noc4C)CC3)C2=O)cc1. The van der Waals surface area contributed by atoms with E-state index in [2.05, 4.69) is 10.5 Å². The summed E-state index contributed by atoms with van der Waals surface area (Å²) < 4.78 is 10.3. The maximum atomic E-state index is 13.3. The third kappa shape index (κ3) is 4.19. The number of aryl methyl sites for hydroxylation is 2. The van der Waals surface area contributed by atoms with Crippen LogP contribution in [0.2, 0.25) is 0 Å². The van der Waals surface area contributed by atoms with Gasteiger partial charge in [-0.3, -0.25) is 14.5 Å². The second-order valence-electron chi connectivity index (χ2n) is 8.95. The summed E-state index contributed by atoms with van der Waals surface area (Å²) in [7, 11) is 1.61. The number of ether oxygens (including phenoxy) is 1. The summed E-state index contributed by atoms with van der Waals surface area (Å²) in [6.07, 6.45) is 1.83. The molecule has 4 amide bonds. The minimum atomic E-state index is -0.963. The fraction of sp³-hybridized carbons (Fsp3) is 0.500. The average molecular weight is 455 g/mol. The van der Waals surface area contributed by atoms with Gasteiger partial charge in [0.15, 0.2) is 0 Å². The molecule has 0 aliphatic carbocycles. The lowest BCUT2D eigenvalue weighted by molar-refractivity contribution is -0.133. The zero-order valence-corrected chi connectivity index (χ0v) is 19.5. The number of piperidine rings is 1. The van der Waals surface area contributed by atoms with E-state index in [0.29, 0.717) is 55.9 Å². The highest BCUT2D eigenvalue weighted by molar-refractivity contribution is 6.07. The van der Waals surface area contributed by atoms with E-state index in [-0.39, 0.29) is 23.8 Å². The summed E-state index contributed by atoms with van der Waals surface area (Å²) in [5.41, 5.74) is 1.15. The fourth-order valence-electron chi connectivity index (χ4n) is 4.83. The summed E-state index contributed by atoms with van der Waals surface area (Å²) in [5, 5.41) is 6.80. The number of rotatable bonds is 6. The molecule has 1 aromatic heterocycles. The van der Waals surface area contributed by atoms with Crippen LogP contribution in [-0.4, -0.2) is 65.1 Å². The van der Waals surface area contributed by atoms with Gasteiger partial charge in [0.1, 0.15) is 22.6 Å². The highest BCUT2D eigenvalue weighted by Crippen LogP contribution is 2.34. The van der Waals surface area contributed by atoms with Crippen molar-refractivity contribution in [2.75, 3.05) is 26.7 Å². The molecule has 4 rings (SSSR count). The number of nitrogens with one attached hydrogen (secondary N) is 1. The number of nitrogens with zero attached hydrogens (tertiary/aromatic N) is 3. The minimum Gasteiger partial charge on any atom is -0.497 e. The zero-order valence-electron chi connectivity index (χ0n) is 19.5. The van der Waals surface area contributed by atoms with Gasteiger partial charge in [0, 0.05) is 19.6 Å². The van der Waals surface area contributed by atoms with E-state index in [1.807, 2.05) is 24.3 Å². The monoisotopic (exact) mass is 454 g/mol. The number of carbonyl (C=O) groups excluding carboxylic acids is 3. The van der Waals surface area contributed by atoms with Gasteiger partial charge in [0.05, 0.1) is 12.8 Å². The maximum Gasteiger partial charge on any atom is 0.325 e. The van der Waals surface area contributed by atoms with Gasteiger partial charge < -0.3 is 19.5 Å². The molecule has 0 spiro atoms. The second kappa shape index (κ2) is 8.88. The quantitative estimate of drug-likeness (QED) is 0.673. The minimum absolute atomic E-state index is 0.0475. The Labute approximate surface area is 193 Å². The molecule has 2 saturated heterocycles. The molecule has 1 atom stereocenters. The van der Waals surface area contributed by atoms with Crippen LogP contribution < -0.4 is 10.1 Å². The zero-order chi connectivity index (χ0) is 23.8. The van der Waals surface area contributed by atoms with E-state index >= 15 is 0 Å². The van der Waals surface area contributed by atoms with Crippen molar-refractivity contribution in [3.63, 3.8) is 0 Å². The molecule has 1 N–H and O–H groups in total. The number of likely N-dealkylation sites (tertiary alicyclic amines) is 1. The van der Waals surface area contributed by atoms with Crippen molar-refractivity contribution in [3.05, 3.63) is 46.8 Å². The largest absolute Gasteiger partial charge is 0.497 e. The van der Waals surface area contributed by atoms with Crippen molar-refractivity contribution in [1.29, 1.82) is 0 Å². The Morgan fingerprint density at radius 1 is 1.21 bits per heavy atom. The average Bonchev–Trinajstić information content (AvgIpc) is 3.27. The fourth-order valence-corrected chi connectivity index (χ4v) is 4.83. The summed E-state index contributed by atoms with van der Waals surface area (Å²) in [6, 6.07) is 7.24. The molecule has 1 unspecified atom stereocenters. The first kappa shape index (κ1) is 22.8. The Hall–Kier alpha value is -3.36. The Bertz CT molecular complexity index is 1040. The molecule has 0 saturated carbocycles. The molecule has 0 bridgehead atoms. The van der Waals surface area contributed by atoms with E-state index < -0.39 is 5.54 Å². The molecule has 1 aromatic carbocycles. The Morgan fingerprint density at radius 2 is 1.88 bits per heavy atom. The van der Waals surface area contributed by atoms with Crippen LogP contribution in [0.3, 0.4) is 0 Å². The second-order valence-corrected chi connectivity index (χ2v) is 8.95. The predicted octanol–water partition coefficient (Wildman–Crippen LogP) is 2.71. The number of methoxy groups -OCH3 is 1. The van der Waals surface area contributed by atoms with Crippen LogP contribution >= 0.6 is 0 Å². The lowest BCUT2D eigenvalue weighted by Crippen LogP contribution is -2.54. The van der Waals surface area contributed by atoms with E-state index in [0.717, 1.165) is 11.3 Å². The van der Waals surface area contributed by atoms with E-state index in [9.17, 15) is 14.4 Å². The molecule has 9 heteroatoms. The van der Waals surface area contributed by atoms with Gasteiger partial charge in [-0.05, 0) is 63.6 Å². The number of aromatic nitrogens is 1. The van der Waals surface area contributed by atoms with E-state index in [4.69, 9.17) is 9.26 Å². The lowest BCUT2D eigenvalue weighted by atomic mass is 9.78. The number of amides is 4. The number of hydrogen-bond acceptors (Lipinski definition) is 6. The standard InChI is InChI=1S/C24H30N4O5/c1-15-20(16(2)33-26-15)21(29)27-12-10-18(11-13-27)24(3)22(30)28(23(31)25-24)14-9-17-5-7-19(32-4)8-6-17/h5-8,18H,9-14H2,1-4H3,(H,25,31). The molecule has 2 aliphatic heterocycles. The van der Waals surface area contributed by atoms with Gasteiger partial charge in [0.2, 0.25) is 0 Å². The van der Waals surface area contributed by atoms with Crippen molar-refractivity contribution in [2.45, 2.75) is 45.6 Å². The van der Waals surface area contributed by atoms with E-state index in [1.165, 1.54) is 4.90 Å². The number of urea groups is 1. The first-order valence-corrected chi connectivity index (χ1v) is 11.2. The highest BCUT2D eigenvalue weighted by Gasteiger charge is 2.52. The molecule has 0 radical (unpaired) electrons. The molecular weight excluding hydrogens is 424 g/mol. The summed E-state index contributed by atoms with van der Waals surface area (Å²) >= 11 is 0. The van der Waals surface area contributed by atoms with Crippen molar-refractivity contribution in [2.24, 2.45) is 5.92 Å². The Balaban J connectivity index is 1.37. The lowest BCUT2D eigenvalue weighted by Gasteiger charge is -2.38. The molecule has 2 fully saturated rings. The van der Waals surface area contributed by atoms with Crippen LogP contribution in [0.4, 0.5) is 4.79 Å². The number of hydrogen-bond donors (Lipinski definition) is 1. The molecule has 176 valence electrons. The van der Waals surface area contributed by atoms with Crippen molar-refractivity contribution >= 4 is 17.8 Å². The molecular formula is C24H30N4O5. The molecule has 33 heavy (non-hydrogen) atoms.